The third-order valence-electron chi connectivity index (χ3n) is 3.49. The number of carbonyl (C=O) groups excluding carboxylic acids is 2. The largest absolute Gasteiger partial charge is 0.493 e. The van der Waals surface area contributed by atoms with Crippen LogP contribution in [0.1, 0.15) is 5.56 Å². The van der Waals surface area contributed by atoms with Crippen molar-refractivity contribution in [2.45, 2.75) is 0 Å². The van der Waals surface area contributed by atoms with Gasteiger partial charge in [-0.25, -0.2) is 5.43 Å². The molecule has 0 aliphatic heterocycles. The van der Waals surface area contributed by atoms with Crippen LogP contribution in [-0.2, 0) is 9.59 Å². The SMILES string of the molecule is COc1cc(C=NNC(=O)CNC(=O)COc2ccccc2)cc(Br)c1OCC#N. The molecule has 156 valence electrons. The van der Waals surface area contributed by atoms with Crippen molar-refractivity contribution in [1.82, 2.24) is 10.7 Å². The number of ether oxygens (including phenoxy) is 3. The predicted octanol–water partition coefficient (Wildman–Crippen LogP) is 2.01. The fourth-order valence-corrected chi connectivity index (χ4v) is 2.75. The van der Waals surface area contributed by atoms with Crippen LogP contribution < -0.4 is 25.0 Å². The number of methoxy groups -OCH3 is 1. The van der Waals surface area contributed by atoms with Gasteiger partial charge in [0, 0.05) is 0 Å². The molecule has 9 nitrogen and oxygen atoms in total. The second kappa shape index (κ2) is 12.1. The van der Waals surface area contributed by atoms with Crippen LogP contribution in [0.3, 0.4) is 0 Å². The van der Waals surface area contributed by atoms with Gasteiger partial charge in [0.15, 0.2) is 24.7 Å². The molecule has 0 bridgehead atoms. The molecule has 0 aliphatic carbocycles. The third-order valence-corrected chi connectivity index (χ3v) is 4.08. The van der Waals surface area contributed by atoms with Crippen molar-refractivity contribution in [2.24, 2.45) is 5.10 Å². The highest BCUT2D eigenvalue weighted by Crippen LogP contribution is 2.36. The molecule has 2 amide bonds. The summed E-state index contributed by atoms with van der Waals surface area (Å²) in [5, 5.41) is 14.9. The summed E-state index contributed by atoms with van der Waals surface area (Å²) in [6.07, 6.45) is 1.40. The minimum absolute atomic E-state index is 0.124. The van der Waals surface area contributed by atoms with E-state index in [-0.39, 0.29) is 19.8 Å². The average molecular weight is 475 g/mol. The van der Waals surface area contributed by atoms with Crippen molar-refractivity contribution in [2.75, 3.05) is 26.9 Å². The molecule has 0 atom stereocenters. The monoisotopic (exact) mass is 474 g/mol. The van der Waals surface area contributed by atoms with E-state index in [1.807, 2.05) is 12.1 Å². The van der Waals surface area contributed by atoms with Crippen molar-refractivity contribution in [3.63, 3.8) is 0 Å². The molecule has 2 aromatic carbocycles. The van der Waals surface area contributed by atoms with E-state index < -0.39 is 11.8 Å². The molecule has 2 N–H and O–H groups in total. The second-order valence-corrected chi connectivity index (χ2v) is 6.51. The highest BCUT2D eigenvalue weighted by atomic mass is 79.9. The first-order chi connectivity index (χ1) is 14.5. The highest BCUT2D eigenvalue weighted by molar-refractivity contribution is 9.10. The van der Waals surface area contributed by atoms with Crippen molar-refractivity contribution in [3.8, 4) is 23.3 Å². The molecule has 0 radical (unpaired) electrons. The lowest BCUT2D eigenvalue weighted by Crippen LogP contribution is -2.37. The van der Waals surface area contributed by atoms with Crippen molar-refractivity contribution in [3.05, 3.63) is 52.5 Å². The van der Waals surface area contributed by atoms with Crippen molar-refractivity contribution in [1.29, 1.82) is 5.26 Å². The van der Waals surface area contributed by atoms with Gasteiger partial charge in [0.1, 0.15) is 11.8 Å². The standard InChI is InChI=1S/C20H19BrN4O5/c1-28-17-10-14(9-16(21)20(17)29-8-7-22)11-24-25-18(26)12-23-19(27)13-30-15-5-3-2-4-6-15/h2-6,9-11H,8,12-13H2,1H3,(H,23,27)(H,25,26). The van der Waals surface area contributed by atoms with E-state index in [2.05, 4.69) is 31.8 Å². The number of nitrogens with one attached hydrogen (secondary N) is 2. The van der Waals surface area contributed by atoms with Crippen LogP contribution in [0.2, 0.25) is 0 Å². The maximum atomic E-state index is 11.8. The van der Waals surface area contributed by atoms with Gasteiger partial charge in [-0.3, -0.25) is 9.59 Å². The molecule has 0 saturated carbocycles. The molecule has 0 heterocycles. The van der Waals surface area contributed by atoms with E-state index in [4.69, 9.17) is 19.5 Å². The number of halogens is 1. The molecule has 0 unspecified atom stereocenters. The highest BCUT2D eigenvalue weighted by Gasteiger charge is 2.11. The van der Waals surface area contributed by atoms with Crippen LogP contribution in [0.15, 0.2) is 52.0 Å². The summed E-state index contributed by atoms with van der Waals surface area (Å²) in [4.78, 5) is 23.5. The summed E-state index contributed by atoms with van der Waals surface area (Å²) in [5.41, 5.74) is 2.93. The summed E-state index contributed by atoms with van der Waals surface area (Å²) < 4.78 is 16.4. The van der Waals surface area contributed by atoms with Crippen molar-refractivity contribution < 1.29 is 23.8 Å². The Bertz CT molecular complexity index is 944. The fraction of sp³-hybridized carbons (Fsp3) is 0.200. The summed E-state index contributed by atoms with van der Waals surface area (Å²) in [6, 6.07) is 14.1. The predicted molar refractivity (Wildman–Crippen MR) is 112 cm³/mol. The molecule has 0 spiro atoms. The van der Waals surface area contributed by atoms with Crippen molar-refractivity contribution >= 4 is 34.0 Å². The first-order valence-electron chi connectivity index (χ1n) is 8.67. The van der Waals surface area contributed by atoms with Crippen LogP contribution in [0.5, 0.6) is 17.2 Å². The molecular formula is C20H19BrN4O5. The smallest absolute Gasteiger partial charge is 0.259 e. The maximum absolute atomic E-state index is 11.8. The quantitative estimate of drug-likeness (QED) is 0.401. The summed E-state index contributed by atoms with van der Waals surface area (Å²) >= 11 is 3.34. The van der Waals surface area contributed by atoms with E-state index >= 15 is 0 Å². The van der Waals surface area contributed by atoms with Crippen LogP contribution in [-0.4, -0.2) is 44.9 Å². The van der Waals surface area contributed by atoms with Gasteiger partial charge in [0.2, 0.25) is 0 Å². The lowest BCUT2D eigenvalue weighted by molar-refractivity contribution is -0.127. The van der Waals surface area contributed by atoms with E-state index in [1.54, 1.807) is 36.4 Å². The number of rotatable bonds is 10. The first kappa shape index (κ1) is 22.7. The number of para-hydroxylation sites is 1. The fourth-order valence-electron chi connectivity index (χ4n) is 2.17. The molecule has 2 aromatic rings. The first-order valence-corrected chi connectivity index (χ1v) is 9.46. The number of hydrazone groups is 1. The van der Waals surface area contributed by atoms with Gasteiger partial charge in [-0.05, 0) is 45.8 Å². The number of hydrogen-bond acceptors (Lipinski definition) is 7. The van der Waals surface area contributed by atoms with Gasteiger partial charge in [0.25, 0.3) is 11.8 Å². The lowest BCUT2D eigenvalue weighted by Gasteiger charge is -2.11. The molecule has 30 heavy (non-hydrogen) atoms. The zero-order valence-corrected chi connectivity index (χ0v) is 17.6. The van der Waals surface area contributed by atoms with Gasteiger partial charge in [-0.15, -0.1) is 0 Å². The maximum Gasteiger partial charge on any atom is 0.259 e. The number of nitriles is 1. The van der Waals surface area contributed by atoms with Crippen LogP contribution in [0, 0.1) is 11.3 Å². The summed E-state index contributed by atoms with van der Waals surface area (Å²) in [5.74, 6) is 0.421. The van der Waals surface area contributed by atoms with Crippen LogP contribution in [0.4, 0.5) is 0 Å². The Morgan fingerprint density at radius 3 is 2.67 bits per heavy atom. The van der Waals surface area contributed by atoms with E-state index in [0.29, 0.717) is 27.3 Å². The molecule has 2 rings (SSSR count). The molecule has 0 aliphatic rings. The minimum atomic E-state index is -0.501. The van der Waals surface area contributed by atoms with E-state index in [0.717, 1.165) is 0 Å². The average Bonchev–Trinajstić information content (AvgIpc) is 2.76. The Balaban J connectivity index is 1.80. The Morgan fingerprint density at radius 2 is 1.97 bits per heavy atom. The number of nitrogens with zero attached hydrogens (tertiary/aromatic N) is 2. The normalized spacial score (nSPS) is 10.2. The third kappa shape index (κ3) is 7.44. The zero-order chi connectivity index (χ0) is 21.8. The van der Waals surface area contributed by atoms with Crippen LogP contribution in [0.25, 0.3) is 0 Å². The Kier molecular flexibility index (Phi) is 9.15. The molecule has 0 fully saturated rings. The Morgan fingerprint density at radius 1 is 1.20 bits per heavy atom. The Hall–Kier alpha value is -3.58. The molecule has 10 heteroatoms. The number of amides is 2. The molecular weight excluding hydrogens is 456 g/mol. The minimum Gasteiger partial charge on any atom is -0.493 e. The van der Waals surface area contributed by atoms with E-state index in [1.165, 1.54) is 13.3 Å². The zero-order valence-electron chi connectivity index (χ0n) is 16.1. The number of carbonyl (C=O) groups is 2. The lowest BCUT2D eigenvalue weighted by atomic mass is 10.2. The molecule has 0 saturated heterocycles. The van der Waals surface area contributed by atoms with Gasteiger partial charge in [-0.2, -0.15) is 10.4 Å². The van der Waals surface area contributed by atoms with Gasteiger partial charge in [0.05, 0.1) is 24.3 Å². The van der Waals surface area contributed by atoms with Gasteiger partial charge in [-0.1, -0.05) is 18.2 Å². The Labute approximate surface area is 181 Å². The number of hydrogen-bond donors (Lipinski definition) is 2. The van der Waals surface area contributed by atoms with E-state index in [9.17, 15) is 9.59 Å². The van der Waals surface area contributed by atoms with Gasteiger partial charge >= 0.3 is 0 Å². The molecule has 0 aromatic heterocycles. The summed E-state index contributed by atoms with van der Waals surface area (Å²) in [7, 11) is 1.47. The topological polar surface area (TPSA) is 122 Å². The second-order valence-electron chi connectivity index (χ2n) is 5.65. The van der Waals surface area contributed by atoms with Gasteiger partial charge < -0.3 is 19.5 Å². The van der Waals surface area contributed by atoms with Crippen LogP contribution >= 0.6 is 15.9 Å². The summed E-state index contributed by atoms with van der Waals surface area (Å²) in [6.45, 7) is -0.572. The number of benzene rings is 2.